The van der Waals surface area contributed by atoms with Crippen molar-refractivity contribution in [3.8, 4) is 12.3 Å². The van der Waals surface area contributed by atoms with Crippen LogP contribution in [-0.2, 0) is 9.53 Å². The number of rotatable bonds is 7. The molecule has 1 N–H and O–H groups in total. The third kappa shape index (κ3) is 6.26. The summed E-state index contributed by atoms with van der Waals surface area (Å²) in [6, 6.07) is 0. The molecule has 0 aromatic carbocycles. The van der Waals surface area contributed by atoms with Crippen molar-refractivity contribution in [2.45, 2.75) is 76.5 Å². The van der Waals surface area contributed by atoms with Crippen molar-refractivity contribution in [2.75, 3.05) is 18.4 Å². The van der Waals surface area contributed by atoms with Gasteiger partial charge in [0, 0.05) is 49.8 Å². The average Bonchev–Trinajstić information content (AvgIpc) is 3.32. The van der Waals surface area contributed by atoms with E-state index in [1.165, 1.54) is 11.3 Å². The molecule has 0 unspecified atom stereocenters. The first-order valence-corrected chi connectivity index (χ1v) is 11.1. The maximum atomic E-state index is 12.3. The van der Waals surface area contributed by atoms with E-state index in [2.05, 4.69) is 26.4 Å². The number of thiazole rings is 1. The Hall–Kier alpha value is -2.47. The first-order valence-electron chi connectivity index (χ1n) is 10.3. The number of hydrogen-bond donors (Lipinski definition) is 1. The monoisotopic (exact) mass is 431 g/mol. The number of terminal acetylenes is 1. The molecule has 2 aliphatic rings. The van der Waals surface area contributed by atoms with E-state index < -0.39 is 11.3 Å². The largest absolute Gasteiger partial charge is 0.444 e. The highest BCUT2D eigenvalue weighted by Crippen LogP contribution is 2.38. The SMILES string of the molecule is C#CCCC1(CCC(=O)Nc2ncc(C3CCN(C(=O)OC(C)(C)C)CC3)s2)N=N1. The first kappa shape index (κ1) is 22.2. The lowest BCUT2D eigenvalue weighted by Gasteiger charge is -2.33. The third-order valence-electron chi connectivity index (χ3n) is 5.12. The molecule has 0 spiro atoms. The molecule has 1 aromatic heterocycles. The van der Waals surface area contributed by atoms with Crippen LogP contribution in [-0.4, -0.2) is 46.2 Å². The molecule has 0 saturated carbocycles. The van der Waals surface area contributed by atoms with E-state index >= 15 is 0 Å². The van der Waals surface area contributed by atoms with Gasteiger partial charge in [-0.1, -0.05) is 0 Å². The Bertz CT molecular complexity index is 838. The van der Waals surface area contributed by atoms with E-state index in [4.69, 9.17) is 11.2 Å². The minimum Gasteiger partial charge on any atom is -0.444 e. The van der Waals surface area contributed by atoms with Crippen LogP contribution in [0.15, 0.2) is 16.4 Å². The molecule has 0 radical (unpaired) electrons. The van der Waals surface area contributed by atoms with Crippen LogP contribution in [0.4, 0.5) is 9.93 Å². The molecule has 2 aliphatic heterocycles. The summed E-state index contributed by atoms with van der Waals surface area (Å²) in [5.41, 5.74) is -0.929. The highest BCUT2D eigenvalue weighted by Gasteiger charge is 2.39. The van der Waals surface area contributed by atoms with Crippen molar-refractivity contribution in [3.63, 3.8) is 0 Å². The normalized spacial score (nSPS) is 18.0. The Morgan fingerprint density at radius 3 is 2.63 bits per heavy atom. The van der Waals surface area contributed by atoms with E-state index in [1.54, 1.807) is 4.90 Å². The predicted molar refractivity (Wildman–Crippen MR) is 115 cm³/mol. The van der Waals surface area contributed by atoms with Gasteiger partial charge in [0.1, 0.15) is 5.60 Å². The van der Waals surface area contributed by atoms with E-state index in [-0.39, 0.29) is 12.0 Å². The van der Waals surface area contributed by atoms with Crippen LogP contribution in [0.1, 0.15) is 70.1 Å². The molecule has 0 aliphatic carbocycles. The predicted octanol–water partition coefficient (Wildman–Crippen LogP) is 4.55. The van der Waals surface area contributed by atoms with Crippen LogP contribution in [0.3, 0.4) is 0 Å². The summed E-state index contributed by atoms with van der Waals surface area (Å²) >= 11 is 1.50. The molecule has 1 aromatic rings. The number of likely N-dealkylation sites (tertiary alicyclic amines) is 1. The lowest BCUT2D eigenvalue weighted by atomic mass is 9.96. The molecule has 2 amide bonds. The number of nitrogens with zero attached hydrogens (tertiary/aromatic N) is 4. The van der Waals surface area contributed by atoms with E-state index in [9.17, 15) is 9.59 Å². The van der Waals surface area contributed by atoms with Crippen LogP contribution in [0.25, 0.3) is 0 Å². The van der Waals surface area contributed by atoms with Crippen LogP contribution in [0, 0.1) is 12.3 Å². The van der Waals surface area contributed by atoms with Crippen LogP contribution in [0.2, 0.25) is 0 Å². The second-order valence-corrected chi connectivity index (χ2v) is 9.81. The molecule has 0 bridgehead atoms. The summed E-state index contributed by atoms with van der Waals surface area (Å²) in [4.78, 5) is 31.7. The zero-order valence-corrected chi connectivity index (χ0v) is 18.6. The van der Waals surface area contributed by atoms with Gasteiger partial charge in [-0.25, -0.2) is 9.78 Å². The minimum absolute atomic E-state index is 0.0898. The highest BCUT2D eigenvalue weighted by molar-refractivity contribution is 7.15. The van der Waals surface area contributed by atoms with Gasteiger partial charge in [0.2, 0.25) is 5.91 Å². The third-order valence-corrected chi connectivity index (χ3v) is 6.20. The molecule has 30 heavy (non-hydrogen) atoms. The number of nitrogens with one attached hydrogen (secondary N) is 1. The van der Waals surface area contributed by atoms with E-state index in [1.807, 2.05) is 27.0 Å². The number of aromatic nitrogens is 1. The fourth-order valence-electron chi connectivity index (χ4n) is 3.37. The zero-order chi connectivity index (χ0) is 21.8. The van der Waals surface area contributed by atoms with Crippen molar-refractivity contribution in [1.82, 2.24) is 9.88 Å². The van der Waals surface area contributed by atoms with Gasteiger partial charge in [-0.05, 0) is 39.5 Å². The summed E-state index contributed by atoms with van der Waals surface area (Å²) in [6.45, 7) is 6.93. The Morgan fingerprint density at radius 1 is 1.33 bits per heavy atom. The first-order chi connectivity index (χ1) is 14.2. The van der Waals surface area contributed by atoms with Crippen molar-refractivity contribution < 1.29 is 14.3 Å². The second-order valence-electron chi connectivity index (χ2n) is 8.74. The number of piperidine rings is 1. The number of ether oxygens (including phenoxy) is 1. The minimum atomic E-state index is -0.485. The summed E-state index contributed by atoms with van der Waals surface area (Å²) in [5, 5.41) is 11.6. The van der Waals surface area contributed by atoms with Gasteiger partial charge in [0.15, 0.2) is 10.8 Å². The van der Waals surface area contributed by atoms with Gasteiger partial charge in [-0.15, -0.1) is 23.7 Å². The summed E-state index contributed by atoms with van der Waals surface area (Å²) < 4.78 is 5.45. The smallest absolute Gasteiger partial charge is 0.410 e. The van der Waals surface area contributed by atoms with Gasteiger partial charge in [-0.2, -0.15) is 10.2 Å². The second kappa shape index (κ2) is 9.13. The van der Waals surface area contributed by atoms with Crippen molar-refractivity contribution >= 4 is 28.5 Å². The van der Waals surface area contributed by atoms with Crippen LogP contribution >= 0.6 is 11.3 Å². The molecule has 8 nitrogen and oxygen atoms in total. The lowest BCUT2D eigenvalue weighted by molar-refractivity contribution is -0.116. The van der Waals surface area contributed by atoms with Crippen LogP contribution < -0.4 is 5.32 Å². The summed E-state index contributed by atoms with van der Waals surface area (Å²) in [6.07, 6.45) is 10.8. The molecular formula is C21H29N5O3S. The molecular weight excluding hydrogens is 402 g/mol. The van der Waals surface area contributed by atoms with Gasteiger partial charge in [0.05, 0.1) is 0 Å². The highest BCUT2D eigenvalue weighted by atomic mass is 32.1. The topological polar surface area (TPSA) is 96.2 Å². The fourth-order valence-corrected chi connectivity index (χ4v) is 4.37. The molecule has 1 fully saturated rings. The van der Waals surface area contributed by atoms with Gasteiger partial charge in [-0.3, -0.25) is 4.79 Å². The lowest BCUT2D eigenvalue weighted by Crippen LogP contribution is -2.41. The summed E-state index contributed by atoms with van der Waals surface area (Å²) in [7, 11) is 0. The number of carbonyl (C=O) groups is 2. The molecule has 162 valence electrons. The molecule has 9 heteroatoms. The number of anilines is 1. The Balaban J connectivity index is 1.43. The Kier molecular flexibility index (Phi) is 6.76. The zero-order valence-electron chi connectivity index (χ0n) is 17.8. The maximum absolute atomic E-state index is 12.3. The molecule has 0 atom stereocenters. The van der Waals surface area contributed by atoms with Crippen LogP contribution in [0.5, 0.6) is 0 Å². The molecule has 3 rings (SSSR count). The fraction of sp³-hybridized carbons (Fsp3) is 0.667. The molecule has 3 heterocycles. The van der Waals surface area contributed by atoms with Crippen molar-refractivity contribution in [3.05, 3.63) is 11.1 Å². The maximum Gasteiger partial charge on any atom is 0.410 e. The number of amides is 2. The van der Waals surface area contributed by atoms with Gasteiger partial charge in [0.25, 0.3) is 0 Å². The summed E-state index contributed by atoms with van der Waals surface area (Å²) in [5.74, 6) is 2.83. The number of hydrogen-bond acceptors (Lipinski definition) is 7. The Morgan fingerprint density at radius 2 is 2.03 bits per heavy atom. The van der Waals surface area contributed by atoms with E-state index in [0.29, 0.717) is 49.8 Å². The van der Waals surface area contributed by atoms with Crippen molar-refractivity contribution in [1.29, 1.82) is 0 Å². The molecule has 1 saturated heterocycles. The number of carbonyl (C=O) groups excluding carboxylic acids is 2. The van der Waals surface area contributed by atoms with Gasteiger partial charge >= 0.3 is 6.09 Å². The Labute approximate surface area is 181 Å². The van der Waals surface area contributed by atoms with E-state index in [0.717, 1.165) is 17.7 Å². The average molecular weight is 432 g/mol. The quantitative estimate of drug-likeness (QED) is 0.641. The standard InChI is InChI=1S/C21H29N5O3S/c1-5-6-10-21(24-25-21)11-7-17(27)23-18-22-14-16(30-18)15-8-12-26(13-9-15)19(28)29-20(2,3)4/h1,14-15H,6-13H2,2-4H3,(H,22,23,27). The van der Waals surface area contributed by atoms with Gasteiger partial charge < -0.3 is 15.0 Å². The van der Waals surface area contributed by atoms with Crippen molar-refractivity contribution in [2.24, 2.45) is 10.2 Å².